The summed E-state index contributed by atoms with van der Waals surface area (Å²) >= 11 is 0. The number of carboxylic acids is 1. The number of rotatable bonds is 6. The van der Waals surface area contributed by atoms with Gasteiger partial charge >= 0.3 is 5.97 Å². The fourth-order valence-electron chi connectivity index (χ4n) is 3.10. The number of carboxylic acid groups (broad SMARTS) is 1. The Labute approximate surface area is 154 Å². The molecule has 1 aliphatic heterocycles. The van der Waals surface area contributed by atoms with Gasteiger partial charge in [0.25, 0.3) is 5.91 Å². The van der Waals surface area contributed by atoms with Crippen molar-refractivity contribution in [3.8, 4) is 0 Å². The van der Waals surface area contributed by atoms with Gasteiger partial charge in [0.1, 0.15) is 6.04 Å². The molecule has 0 spiro atoms. The van der Waals surface area contributed by atoms with E-state index in [9.17, 15) is 23.1 Å². The number of aliphatic carboxylic acids is 1. The van der Waals surface area contributed by atoms with Crippen LogP contribution in [-0.2, 0) is 14.8 Å². The van der Waals surface area contributed by atoms with Gasteiger partial charge < -0.3 is 10.4 Å². The van der Waals surface area contributed by atoms with Crippen LogP contribution in [0.4, 0.5) is 0 Å². The standard InChI is InChI=1S/C18H26N2O5S/c1-12(2)16(18(22)23)19-17(21)14-8-6-9-15(11-14)26(24,25)20-10-5-4-7-13(20)3/h6,8-9,11-13,16H,4-5,7,10H2,1-3H3,(H,19,21)(H,22,23)/t13?,16-/m1/s1. The molecule has 2 N–H and O–H groups in total. The van der Waals surface area contributed by atoms with E-state index in [1.165, 1.54) is 28.6 Å². The van der Waals surface area contributed by atoms with Crippen LogP contribution in [0.5, 0.6) is 0 Å². The lowest BCUT2D eigenvalue weighted by Gasteiger charge is -2.32. The van der Waals surface area contributed by atoms with Crippen LogP contribution in [0.3, 0.4) is 0 Å². The molecule has 2 rings (SSSR count). The fraction of sp³-hybridized carbons (Fsp3) is 0.556. The largest absolute Gasteiger partial charge is 0.480 e. The van der Waals surface area contributed by atoms with Crippen molar-refractivity contribution in [2.24, 2.45) is 5.92 Å². The normalized spacial score (nSPS) is 19.9. The highest BCUT2D eigenvalue weighted by molar-refractivity contribution is 7.89. The van der Waals surface area contributed by atoms with Gasteiger partial charge in [-0.1, -0.05) is 26.3 Å². The summed E-state index contributed by atoms with van der Waals surface area (Å²) in [5.41, 5.74) is 0.127. The second kappa shape index (κ2) is 8.18. The number of carbonyl (C=O) groups excluding carboxylic acids is 1. The quantitative estimate of drug-likeness (QED) is 0.784. The van der Waals surface area contributed by atoms with Crippen molar-refractivity contribution in [1.82, 2.24) is 9.62 Å². The van der Waals surface area contributed by atoms with Gasteiger partial charge in [-0.2, -0.15) is 4.31 Å². The van der Waals surface area contributed by atoms with Crippen LogP contribution in [0.25, 0.3) is 0 Å². The molecule has 7 nitrogen and oxygen atoms in total. The molecule has 26 heavy (non-hydrogen) atoms. The Kier molecular flexibility index (Phi) is 6.41. The van der Waals surface area contributed by atoms with E-state index in [1.807, 2.05) is 6.92 Å². The predicted molar refractivity (Wildman–Crippen MR) is 97.4 cm³/mol. The van der Waals surface area contributed by atoms with E-state index in [0.717, 1.165) is 19.3 Å². The number of piperidine rings is 1. The topological polar surface area (TPSA) is 104 Å². The van der Waals surface area contributed by atoms with E-state index >= 15 is 0 Å². The van der Waals surface area contributed by atoms with Crippen LogP contribution in [0.15, 0.2) is 29.2 Å². The SMILES string of the molecule is CC(C)[C@@H](NC(=O)c1cccc(S(=O)(=O)N2CCCCC2C)c1)C(=O)O. The third-order valence-corrected chi connectivity index (χ3v) is 6.67. The molecule has 1 aliphatic rings. The zero-order valence-corrected chi connectivity index (χ0v) is 16.1. The van der Waals surface area contributed by atoms with Gasteiger partial charge in [-0.15, -0.1) is 0 Å². The second-order valence-electron chi connectivity index (χ2n) is 7.02. The summed E-state index contributed by atoms with van der Waals surface area (Å²) in [7, 11) is -3.69. The molecule has 1 aromatic rings. The Morgan fingerprint density at radius 1 is 1.27 bits per heavy atom. The number of nitrogens with zero attached hydrogens (tertiary/aromatic N) is 1. The van der Waals surface area contributed by atoms with Gasteiger partial charge in [0.15, 0.2) is 0 Å². The molecule has 1 heterocycles. The minimum absolute atomic E-state index is 0.0512. The molecule has 1 fully saturated rings. The minimum atomic E-state index is -3.69. The fourth-order valence-corrected chi connectivity index (χ4v) is 4.85. The van der Waals surface area contributed by atoms with Crippen molar-refractivity contribution in [3.05, 3.63) is 29.8 Å². The van der Waals surface area contributed by atoms with Crippen molar-refractivity contribution < 1.29 is 23.1 Å². The number of amides is 1. The summed E-state index contributed by atoms with van der Waals surface area (Å²) < 4.78 is 27.3. The molecule has 8 heteroatoms. The maximum absolute atomic E-state index is 12.9. The van der Waals surface area contributed by atoms with Crippen LogP contribution in [-0.4, -0.2) is 48.3 Å². The third kappa shape index (κ3) is 4.42. The highest BCUT2D eigenvalue weighted by atomic mass is 32.2. The molecule has 0 aliphatic carbocycles. The number of nitrogens with one attached hydrogen (secondary N) is 1. The van der Waals surface area contributed by atoms with Crippen LogP contribution in [0, 0.1) is 5.92 Å². The second-order valence-corrected chi connectivity index (χ2v) is 8.91. The molecule has 0 bridgehead atoms. The summed E-state index contributed by atoms with van der Waals surface area (Å²) in [5.74, 6) is -2.02. The number of benzene rings is 1. The predicted octanol–water partition coefficient (Wildman–Crippen LogP) is 2.09. The Hall–Kier alpha value is -1.93. The first-order valence-electron chi connectivity index (χ1n) is 8.80. The van der Waals surface area contributed by atoms with E-state index in [4.69, 9.17) is 0 Å². The number of hydrogen-bond acceptors (Lipinski definition) is 4. The first-order chi connectivity index (χ1) is 12.1. The van der Waals surface area contributed by atoms with Gasteiger partial charge in [0.2, 0.25) is 10.0 Å². The Balaban J connectivity index is 2.27. The molecule has 0 saturated carbocycles. The Morgan fingerprint density at radius 2 is 1.96 bits per heavy atom. The first kappa shape index (κ1) is 20.4. The molecule has 1 aromatic carbocycles. The monoisotopic (exact) mass is 382 g/mol. The van der Waals surface area contributed by atoms with E-state index < -0.39 is 27.9 Å². The average molecular weight is 382 g/mol. The summed E-state index contributed by atoms with van der Waals surface area (Å²) in [5, 5.41) is 11.7. The lowest BCUT2D eigenvalue weighted by atomic mass is 10.0. The van der Waals surface area contributed by atoms with Crippen molar-refractivity contribution in [1.29, 1.82) is 0 Å². The Bertz CT molecular complexity index is 776. The van der Waals surface area contributed by atoms with Gasteiger partial charge in [0.05, 0.1) is 4.90 Å². The lowest BCUT2D eigenvalue weighted by molar-refractivity contribution is -0.140. The molecule has 1 saturated heterocycles. The zero-order valence-electron chi connectivity index (χ0n) is 15.3. The highest BCUT2D eigenvalue weighted by Crippen LogP contribution is 2.25. The zero-order chi connectivity index (χ0) is 19.5. The minimum Gasteiger partial charge on any atom is -0.480 e. The molecule has 1 amide bonds. The van der Waals surface area contributed by atoms with Crippen molar-refractivity contribution in [3.63, 3.8) is 0 Å². The van der Waals surface area contributed by atoms with Crippen LogP contribution >= 0.6 is 0 Å². The average Bonchev–Trinajstić information content (AvgIpc) is 2.59. The summed E-state index contributed by atoms with van der Waals surface area (Å²) in [6.07, 6.45) is 2.63. The molecular formula is C18H26N2O5S. The van der Waals surface area contributed by atoms with Gasteiger partial charge in [0, 0.05) is 18.2 Å². The summed E-state index contributed by atoms with van der Waals surface area (Å²) in [6.45, 7) is 5.73. The first-order valence-corrected chi connectivity index (χ1v) is 10.2. The molecule has 2 atom stereocenters. The number of hydrogen-bond donors (Lipinski definition) is 2. The summed E-state index contributed by atoms with van der Waals surface area (Å²) in [4.78, 5) is 23.7. The maximum atomic E-state index is 12.9. The van der Waals surface area contributed by atoms with Crippen molar-refractivity contribution >= 4 is 21.9 Å². The van der Waals surface area contributed by atoms with Gasteiger partial charge in [-0.25, -0.2) is 13.2 Å². The summed E-state index contributed by atoms with van der Waals surface area (Å²) in [6, 6.07) is 4.64. The molecular weight excluding hydrogens is 356 g/mol. The van der Waals surface area contributed by atoms with Gasteiger partial charge in [-0.3, -0.25) is 4.79 Å². The number of carbonyl (C=O) groups is 2. The van der Waals surface area contributed by atoms with Crippen molar-refractivity contribution in [2.75, 3.05) is 6.54 Å². The Morgan fingerprint density at radius 3 is 2.54 bits per heavy atom. The van der Waals surface area contributed by atoms with Crippen LogP contribution < -0.4 is 5.32 Å². The third-order valence-electron chi connectivity index (χ3n) is 4.66. The van der Waals surface area contributed by atoms with E-state index in [-0.39, 0.29) is 22.4 Å². The smallest absolute Gasteiger partial charge is 0.326 e. The van der Waals surface area contributed by atoms with Crippen molar-refractivity contribution in [2.45, 2.75) is 57.0 Å². The molecule has 0 aromatic heterocycles. The van der Waals surface area contributed by atoms with E-state index in [2.05, 4.69) is 5.32 Å². The highest BCUT2D eigenvalue weighted by Gasteiger charge is 2.31. The molecule has 1 unspecified atom stereocenters. The molecule has 0 radical (unpaired) electrons. The molecule has 144 valence electrons. The van der Waals surface area contributed by atoms with Crippen LogP contribution in [0.1, 0.15) is 50.4 Å². The van der Waals surface area contributed by atoms with Gasteiger partial charge in [-0.05, 0) is 43.9 Å². The maximum Gasteiger partial charge on any atom is 0.326 e. The lowest BCUT2D eigenvalue weighted by Crippen LogP contribution is -2.44. The van der Waals surface area contributed by atoms with Crippen LogP contribution in [0.2, 0.25) is 0 Å². The van der Waals surface area contributed by atoms with E-state index in [1.54, 1.807) is 13.8 Å². The number of sulfonamides is 1. The van der Waals surface area contributed by atoms with E-state index in [0.29, 0.717) is 6.54 Å².